The molecule has 18 heavy (non-hydrogen) atoms. The predicted octanol–water partition coefficient (Wildman–Crippen LogP) is 3.93. The maximum absolute atomic E-state index is 13.0. The summed E-state index contributed by atoms with van der Waals surface area (Å²) in [5, 5.41) is 3.74. The molecule has 1 aromatic carbocycles. The lowest BCUT2D eigenvalue weighted by atomic mass is 10.2. The normalized spacial score (nSPS) is 10.6. The average molecular weight is 330 g/mol. The average Bonchev–Trinajstić information content (AvgIpc) is 2.36. The van der Waals surface area contributed by atoms with Gasteiger partial charge in [0.05, 0.1) is 4.47 Å². The summed E-state index contributed by atoms with van der Waals surface area (Å²) in [4.78, 5) is 4.00. The number of benzene rings is 1. The topological polar surface area (TPSA) is 24.9 Å². The van der Waals surface area contributed by atoms with Crippen molar-refractivity contribution in [3.05, 3.63) is 63.1 Å². The summed E-state index contributed by atoms with van der Waals surface area (Å²) in [5.74, 6) is -0.249. The summed E-state index contributed by atoms with van der Waals surface area (Å²) in [5.41, 5.74) is 2.07. The summed E-state index contributed by atoms with van der Waals surface area (Å²) >= 11 is 8.86. The van der Waals surface area contributed by atoms with Gasteiger partial charge in [-0.2, -0.15) is 0 Å². The van der Waals surface area contributed by atoms with Crippen LogP contribution in [0.15, 0.2) is 41.0 Å². The van der Waals surface area contributed by atoms with E-state index in [1.165, 1.54) is 6.07 Å². The lowest BCUT2D eigenvalue weighted by molar-refractivity contribution is 0.618. The van der Waals surface area contributed by atoms with E-state index < -0.39 is 0 Å². The van der Waals surface area contributed by atoms with Crippen LogP contribution in [0.1, 0.15) is 11.1 Å². The molecule has 1 N–H and O–H groups in total. The van der Waals surface area contributed by atoms with Gasteiger partial charge in [0.15, 0.2) is 0 Å². The standard InChI is InChI=1S/C13H11BrClFN2/c14-11-5-9(1-3-12(11)16)6-17-7-10-2-4-13(15)18-8-10/h1-5,8,17H,6-7H2. The van der Waals surface area contributed by atoms with E-state index in [4.69, 9.17) is 11.6 Å². The van der Waals surface area contributed by atoms with Crippen LogP contribution in [0.2, 0.25) is 5.15 Å². The third-order valence-electron chi connectivity index (χ3n) is 2.43. The first-order valence-electron chi connectivity index (χ1n) is 5.40. The highest BCUT2D eigenvalue weighted by Gasteiger charge is 2.00. The number of aromatic nitrogens is 1. The molecule has 5 heteroatoms. The summed E-state index contributed by atoms with van der Waals surface area (Å²) in [7, 11) is 0. The molecule has 0 atom stereocenters. The van der Waals surface area contributed by atoms with Gasteiger partial charge in [-0.05, 0) is 45.3 Å². The fourth-order valence-corrected chi connectivity index (χ4v) is 2.05. The highest BCUT2D eigenvalue weighted by atomic mass is 79.9. The molecule has 0 aliphatic rings. The molecular formula is C13H11BrClFN2. The van der Waals surface area contributed by atoms with Crippen LogP contribution < -0.4 is 5.32 Å². The van der Waals surface area contributed by atoms with Crippen LogP contribution >= 0.6 is 27.5 Å². The van der Waals surface area contributed by atoms with E-state index in [0.717, 1.165) is 11.1 Å². The smallest absolute Gasteiger partial charge is 0.137 e. The zero-order chi connectivity index (χ0) is 13.0. The number of hydrogen-bond acceptors (Lipinski definition) is 2. The Morgan fingerprint density at radius 1 is 1.17 bits per heavy atom. The van der Waals surface area contributed by atoms with Gasteiger partial charge in [-0.15, -0.1) is 0 Å². The first kappa shape index (κ1) is 13.5. The van der Waals surface area contributed by atoms with Gasteiger partial charge < -0.3 is 5.32 Å². The van der Waals surface area contributed by atoms with Gasteiger partial charge in [0, 0.05) is 19.3 Å². The molecule has 1 aromatic heterocycles. The van der Waals surface area contributed by atoms with Gasteiger partial charge in [-0.3, -0.25) is 0 Å². The van der Waals surface area contributed by atoms with Gasteiger partial charge in [0.1, 0.15) is 11.0 Å². The fourth-order valence-electron chi connectivity index (χ4n) is 1.51. The molecule has 0 fully saturated rings. The van der Waals surface area contributed by atoms with E-state index in [2.05, 4.69) is 26.2 Å². The van der Waals surface area contributed by atoms with Gasteiger partial charge in [0.25, 0.3) is 0 Å². The second kappa shape index (κ2) is 6.27. The lowest BCUT2D eigenvalue weighted by Gasteiger charge is -2.06. The summed E-state index contributed by atoms with van der Waals surface area (Å²) in [6.07, 6.45) is 1.73. The molecular weight excluding hydrogens is 319 g/mol. The molecule has 1 heterocycles. The van der Waals surface area contributed by atoms with E-state index in [1.807, 2.05) is 6.07 Å². The first-order chi connectivity index (χ1) is 8.65. The monoisotopic (exact) mass is 328 g/mol. The Hall–Kier alpha value is -0.970. The fraction of sp³-hybridized carbons (Fsp3) is 0.154. The molecule has 0 amide bonds. The van der Waals surface area contributed by atoms with Crippen molar-refractivity contribution in [3.8, 4) is 0 Å². The molecule has 94 valence electrons. The Balaban J connectivity index is 1.88. The Morgan fingerprint density at radius 3 is 2.56 bits per heavy atom. The van der Waals surface area contributed by atoms with E-state index in [-0.39, 0.29) is 5.82 Å². The number of nitrogens with zero attached hydrogens (tertiary/aromatic N) is 1. The second-order valence-electron chi connectivity index (χ2n) is 3.84. The van der Waals surface area contributed by atoms with Crippen LogP contribution in [-0.4, -0.2) is 4.98 Å². The number of rotatable bonds is 4. The molecule has 0 unspecified atom stereocenters. The summed E-state index contributed by atoms with van der Waals surface area (Å²) in [6, 6.07) is 8.65. The third-order valence-corrected chi connectivity index (χ3v) is 3.26. The zero-order valence-electron chi connectivity index (χ0n) is 9.46. The Morgan fingerprint density at radius 2 is 1.89 bits per heavy atom. The molecule has 2 rings (SSSR count). The number of pyridine rings is 1. The number of nitrogens with one attached hydrogen (secondary N) is 1. The summed E-state index contributed by atoms with van der Waals surface area (Å²) in [6.45, 7) is 1.36. The number of halogens is 3. The van der Waals surface area contributed by atoms with E-state index in [0.29, 0.717) is 22.7 Å². The second-order valence-corrected chi connectivity index (χ2v) is 5.08. The molecule has 2 aromatic rings. The van der Waals surface area contributed by atoms with Crippen LogP contribution in [0.4, 0.5) is 4.39 Å². The predicted molar refractivity (Wildman–Crippen MR) is 73.9 cm³/mol. The zero-order valence-corrected chi connectivity index (χ0v) is 11.8. The molecule has 0 bridgehead atoms. The third kappa shape index (κ3) is 3.77. The van der Waals surface area contributed by atoms with Gasteiger partial charge in [0.2, 0.25) is 0 Å². The molecule has 0 aliphatic heterocycles. The molecule has 0 spiro atoms. The molecule has 0 radical (unpaired) electrons. The van der Waals surface area contributed by atoms with Crippen LogP contribution in [0, 0.1) is 5.82 Å². The van der Waals surface area contributed by atoms with Gasteiger partial charge in [-0.25, -0.2) is 9.37 Å². The largest absolute Gasteiger partial charge is 0.309 e. The van der Waals surface area contributed by atoms with Crippen LogP contribution in [-0.2, 0) is 13.1 Å². The highest BCUT2D eigenvalue weighted by Crippen LogP contribution is 2.16. The SMILES string of the molecule is Fc1ccc(CNCc2ccc(Cl)nc2)cc1Br. The van der Waals surface area contributed by atoms with E-state index >= 15 is 0 Å². The van der Waals surface area contributed by atoms with Gasteiger partial charge in [-0.1, -0.05) is 23.7 Å². The number of hydrogen-bond donors (Lipinski definition) is 1. The lowest BCUT2D eigenvalue weighted by Crippen LogP contribution is -2.12. The van der Waals surface area contributed by atoms with Crippen LogP contribution in [0.5, 0.6) is 0 Å². The van der Waals surface area contributed by atoms with E-state index in [1.54, 1.807) is 24.4 Å². The first-order valence-corrected chi connectivity index (χ1v) is 6.57. The van der Waals surface area contributed by atoms with Crippen molar-refractivity contribution < 1.29 is 4.39 Å². The Bertz CT molecular complexity index is 531. The van der Waals surface area contributed by atoms with Crippen molar-refractivity contribution in [3.63, 3.8) is 0 Å². The molecule has 0 saturated heterocycles. The molecule has 0 saturated carbocycles. The van der Waals surface area contributed by atoms with Crippen molar-refractivity contribution in [2.24, 2.45) is 0 Å². The summed E-state index contributed by atoms with van der Waals surface area (Å²) < 4.78 is 13.5. The minimum absolute atomic E-state index is 0.249. The van der Waals surface area contributed by atoms with Crippen LogP contribution in [0.3, 0.4) is 0 Å². The van der Waals surface area contributed by atoms with Crippen molar-refractivity contribution >= 4 is 27.5 Å². The maximum Gasteiger partial charge on any atom is 0.137 e. The Kier molecular flexibility index (Phi) is 4.69. The van der Waals surface area contributed by atoms with Crippen molar-refractivity contribution in [1.29, 1.82) is 0 Å². The van der Waals surface area contributed by atoms with E-state index in [9.17, 15) is 4.39 Å². The highest BCUT2D eigenvalue weighted by molar-refractivity contribution is 9.10. The Labute approximate surface area is 118 Å². The van der Waals surface area contributed by atoms with Crippen molar-refractivity contribution in [2.45, 2.75) is 13.1 Å². The quantitative estimate of drug-likeness (QED) is 0.860. The molecule has 0 aliphatic carbocycles. The maximum atomic E-state index is 13.0. The van der Waals surface area contributed by atoms with Gasteiger partial charge >= 0.3 is 0 Å². The minimum Gasteiger partial charge on any atom is -0.309 e. The molecule has 2 nitrogen and oxygen atoms in total. The van der Waals surface area contributed by atoms with Crippen LogP contribution in [0.25, 0.3) is 0 Å². The van der Waals surface area contributed by atoms with Crippen molar-refractivity contribution in [2.75, 3.05) is 0 Å². The van der Waals surface area contributed by atoms with Crippen molar-refractivity contribution in [1.82, 2.24) is 10.3 Å². The minimum atomic E-state index is -0.249.